The predicted octanol–water partition coefficient (Wildman–Crippen LogP) is 1.91. The molecule has 1 saturated heterocycles. The molecule has 0 N–H and O–H groups in total. The molecular formula is C12H17N2. The van der Waals surface area contributed by atoms with Gasteiger partial charge in [0.25, 0.3) is 0 Å². The van der Waals surface area contributed by atoms with Gasteiger partial charge in [-0.1, -0.05) is 12.5 Å². The summed E-state index contributed by atoms with van der Waals surface area (Å²) in [5.74, 6) is 0. The summed E-state index contributed by atoms with van der Waals surface area (Å²) in [6.07, 6.45) is 6.99. The second-order valence-electron chi connectivity index (χ2n) is 3.90. The summed E-state index contributed by atoms with van der Waals surface area (Å²) < 4.78 is 0. The Labute approximate surface area is 86.0 Å². The third kappa shape index (κ3) is 2.81. The van der Waals surface area contributed by atoms with Crippen LogP contribution < -0.4 is 0 Å². The summed E-state index contributed by atoms with van der Waals surface area (Å²) in [5.41, 5.74) is 1.19. The summed E-state index contributed by atoms with van der Waals surface area (Å²) in [6, 6.07) is 6.95. The number of rotatable bonds is 3. The van der Waals surface area contributed by atoms with Crippen molar-refractivity contribution in [3.05, 3.63) is 30.1 Å². The highest BCUT2D eigenvalue weighted by molar-refractivity contribution is 5.02. The summed E-state index contributed by atoms with van der Waals surface area (Å²) in [6.45, 7) is 3.72. The van der Waals surface area contributed by atoms with Crippen molar-refractivity contribution in [3.8, 4) is 0 Å². The Kier molecular flexibility index (Phi) is 3.52. The van der Waals surface area contributed by atoms with Gasteiger partial charge in [0.1, 0.15) is 0 Å². The SMILES string of the molecule is [c]1ccc(CCN2CCCCC2)nc1. The van der Waals surface area contributed by atoms with Crippen molar-refractivity contribution in [2.45, 2.75) is 25.7 Å². The Hall–Kier alpha value is -0.890. The normalized spacial score (nSPS) is 18.3. The molecule has 0 unspecified atom stereocenters. The lowest BCUT2D eigenvalue weighted by Crippen LogP contribution is -2.31. The van der Waals surface area contributed by atoms with Gasteiger partial charge in [-0.15, -0.1) is 0 Å². The number of pyridine rings is 1. The van der Waals surface area contributed by atoms with Crippen LogP contribution in [0, 0.1) is 6.07 Å². The van der Waals surface area contributed by atoms with Crippen LogP contribution in [-0.4, -0.2) is 29.5 Å². The minimum Gasteiger partial charge on any atom is -0.303 e. The Bertz CT molecular complexity index is 252. The quantitative estimate of drug-likeness (QED) is 0.722. The maximum Gasteiger partial charge on any atom is 0.0416 e. The fraction of sp³-hybridized carbons (Fsp3) is 0.583. The number of hydrogen-bond donors (Lipinski definition) is 0. The molecule has 0 bridgehead atoms. The molecule has 75 valence electrons. The fourth-order valence-electron chi connectivity index (χ4n) is 1.95. The molecule has 0 aliphatic carbocycles. The molecule has 0 aromatic carbocycles. The maximum absolute atomic E-state index is 4.28. The van der Waals surface area contributed by atoms with Crippen molar-refractivity contribution < 1.29 is 0 Å². The van der Waals surface area contributed by atoms with E-state index < -0.39 is 0 Å². The molecule has 14 heavy (non-hydrogen) atoms. The molecule has 0 atom stereocenters. The zero-order valence-corrected chi connectivity index (χ0v) is 8.58. The third-order valence-corrected chi connectivity index (χ3v) is 2.81. The van der Waals surface area contributed by atoms with Gasteiger partial charge in [-0.25, -0.2) is 0 Å². The van der Waals surface area contributed by atoms with Crippen LogP contribution in [0.25, 0.3) is 0 Å². The van der Waals surface area contributed by atoms with Crippen molar-refractivity contribution >= 4 is 0 Å². The number of piperidine rings is 1. The molecular weight excluding hydrogens is 172 g/mol. The summed E-state index contributed by atoms with van der Waals surface area (Å²) in [7, 11) is 0. The van der Waals surface area contributed by atoms with Crippen LogP contribution in [0.5, 0.6) is 0 Å². The number of aromatic nitrogens is 1. The summed E-state index contributed by atoms with van der Waals surface area (Å²) in [5, 5.41) is 0. The predicted molar refractivity (Wildman–Crippen MR) is 57.1 cm³/mol. The molecule has 2 heterocycles. The highest BCUT2D eigenvalue weighted by Crippen LogP contribution is 2.08. The van der Waals surface area contributed by atoms with Crippen molar-refractivity contribution in [2.24, 2.45) is 0 Å². The van der Waals surface area contributed by atoms with Gasteiger partial charge in [0.05, 0.1) is 0 Å². The Balaban J connectivity index is 1.76. The van der Waals surface area contributed by atoms with Crippen LogP contribution in [0.15, 0.2) is 18.3 Å². The molecule has 2 rings (SSSR count). The van der Waals surface area contributed by atoms with Gasteiger partial charge in [-0.3, -0.25) is 4.98 Å². The number of nitrogens with zero attached hydrogens (tertiary/aromatic N) is 2. The van der Waals surface area contributed by atoms with Crippen molar-refractivity contribution in [1.82, 2.24) is 9.88 Å². The van der Waals surface area contributed by atoms with E-state index in [0.717, 1.165) is 13.0 Å². The molecule has 1 fully saturated rings. The molecule has 2 nitrogen and oxygen atoms in total. The van der Waals surface area contributed by atoms with Gasteiger partial charge < -0.3 is 4.90 Å². The maximum atomic E-state index is 4.28. The fourth-order valence-corrected chi connectivity index (χ4v) is 1.95. The first kappa shape index (κ1) is 9.66. The Morgan fingerprint density at radius 3 is 2.86 bits per heavy atom. The van der Waals surface area contributed by atoms with E-state index in [-0.39, 0.29) is 0 Å². The van der Waals surface area contributed by atoms with Crippen LogP contribution in [0.3, 0.4) is 0 Å². The van der Waals surface area contributed by atoms with E-state index in [1.165, 1.54) is 38.0 Å². The standard InChI is InChI=1S/C12H17N2/c1-4-9-14(10-5-1)11-7-12-6-2-3-8-13-12/h2,6,8H,1,4-5,7,9-11H2. The van der Waals surface area contributed by atoms with Crippen molar-refractivity contribution in [3.63, 3.8) is 0 Å². The lowest BCUT2D eigenvalue weighted by molar-refractivity contribution is 0.231. The first-order chi connectivity index (χ1) is 6.95. The van der Waals surface area contributed by atoms with E-state index in [1.54, 1.807) is 6.20 Å². The average Bonchev–Trinajstić information content (AvgIpc) is 2.29. The lowest BCUT2D eigenvalue weighted by atomic mass is 10.1. The molecule has 1 aliphatic heterocycles. The zero-order chi connectivity index (χ0) is 9.64. The molecule has 0 amide bonds. The van der Waals surface area contributed by atoms with E-state index >= 15 is 0 Å². The van der Waals surface area contributed by atoms with Gasteiger partial charge in [0, 0.05) is 30.9 Å². The van der Waals surface area contributed by atoms with Crippen LogP contribution in [0.2, 0.25) is 0 Å². The third-order valence-electron chi connectivity index (χ3n) is 2.81. The second-order valence-corrected chi connectivity index (χ2v) is 3.90. The molecule has 0 saturated carbocycles. The van der Waals surface area contributed by atoms with Gasteiger partial charge in [-0.2, -0.15) is 0 Å². The second kappa shape index (κ2) is 5.11. The van der Waals surface area contributed by atoms with Crippen LogP contribution in [0.4, 0.5) is 0 Å². The van der Waals surface area contributed by atoms with E-state index in [2.05, 4.69) is 22.0 Å². The highest BCUT2D eigenvalue weighted by atomic mass is 15.1. The summed E-state index contributed by atoms with van der Waals surface area (Å²) in [4.78, 5) is 6.82. The zero-order valence-electron chi connectivity index (χ0n) is 8.58. The van der Waals surface area contributed by atoms with E-state index in [0.29, 0.717) is 0 Å². The Morgan fingerprint density at radius 1 is 1.29 bits per heavy atom. The molecule has 0 spiro atoms. The van der Waals surface area contributed by atoms with Crippen LogP contribution in [-0.2, 0) is 6.42 Å². The summed E-state index contributed by atoms with van der Waals surface area (Å²) >= 11 is 0. The van der Waals surface area contributed by atoms with E-state index in [9.17, 15) is 0 Å². The van der Waals surface area contributed by atoms with Gasteiger partial charge in [-0.05, 0) is 32.0 Å². The highest BCUT2D eigenvalue weighted by Gasteiger charge is 2.09. The first-order valence-electron chi connectivity index (χ1n) is 5.48. The van der Waals surface area contributed by atoms with Crippen molar-refractivity contribution in [2.75, 3.05) is 19.6 Å². The molecule has 1 aliphatic rings. The minimum atomic E-state index is 1.08. The molecule has 1 radical (unpaired) electrons. The lowest BCUT2D eigenvalue weighted by Gasteiger charge is -2.26. The first-order valence-corrected chi connectivity index (χ1v) is 5.48. The van der Waals surface area contributed by atoms with E-state index in [1.807, 2.05) is 6.07 Å². The minimum absolute atomic E-state index is 1.08. The van der Waals surface area contributed by atoms with Crippen molar-refractivity contribution in [1.29, 1.82) is 0 Å². The smallest absolute Gasteiger partial charge is 0.0416 e. The average molecular weight is 189 g/mol. The van der Waals surface area contributed by atoms with Gasteiger partial charge in [0.15, 0.2) is 0 Å². The topological polar surface area (TPSA) is 16.1 Å². The van der Waals surface area contributed by atoms with Crippen LogP contribution >= 0.6 is 0 Å². The van der Waals surface area contributed by atoms with E-state index in [4.69, 9.17) is 0 Å². The monoisotopic (exact) mass is 189 g/mol. The molecule has 2 heteroatoms. The number of likely N-dealkylation sites (tertiary alicyclic amines) is 1. The number of hydrogen-bond acceptors (Lipinski definition) is 2. The van der Waals surface area contributed by atoms with Crippen LogP contribution in [0.1, 0.15) is 25.0 Å². The molecule has 1 aromatic rings. The Morgan fingerprint density at radius 2 is 2.14 bits per heavy atom. The molecule has 1 aromatic heterocycles. The largest absolute Gasteiger partial charge is 0.303 e. The van der Waals surface area contributed by atoms with Gasteiger partial charge >= 0.3 is 0 Å². The van der Waals surface area contributed by atoms with Gasteiger partial charge in [0.2, 0.25) is 0 Å².